The summed E-state index contributed by atoms with van der Waals surface area (Å²) in [7, 11) is -3.56. The summed E-state index contributed by atoms with van der Waals surface area (Å²) in [5, 5.41) is 3.20. The van der Waals surface area contributed by atoms with Gasteiger partial charge in [0.25, 0.3) is 10.0 Å². The van der Waals surface area contributed by atoms with Crippen LogP contribution in [0.2, 0.25) is 0 Å². The van der Waals surface area contributed by atoms with Gasteiger partial charge in [-0.05, 0) is 61.2 Å². The van der Waals surface area contributed by atoms with Crippen molar-refractivity contribution < 1.29 is 8.42 Å². The quantitative estimate of drug-likeness (QED) is 0.916. The van der Waals surface area contributed by atoms with Gasteiger partial charge < -0.3 is 5.32 Å². The second-order valence-electron chi connectivity index (χ2n) is 5.48. The highest BCUT2D eigenvalue weighted by molar-refractivity contribution is 7.92. The molecule has 21 heavy (non-hydrogen) atoms. The average Bonchev–Trinajstić information content (AvgIpc) is 2.83. The third-order valence-electron chi connectivity index (χ3n) is 3.58. The van der Waals surface area contributed by atoms with Crippen LogP contribution in [-0.4, -0.2) is 15.0 Å². The first-order valence-corrected chi connectivity index (χ1v) is 8.40. The fraction of sp³-hybridized carbons (Fsp3) is 0.250. The molecule has 1 aliphatic rings. The lowest BCUT2D eigenvalue weighted by molar-refractivity contribution is 0.601. The number of benzene rings is 2. The van der Waals surface area contributed by atoms with Crippen LogP contribution in [0.15, 0.2) is 41.3 Å². The third-order valence-corrected chi connectivity index (χ3v) is 4.95. The van der Waals surface area contributed by atoms with Crippen LogP contribution in [0.1, 0.15) is 16.7 Å². The van der Waals surface area contributed by atoms with E-state index in [0.29, 0.717) is 5.69 Å². The van der Waals surface area contributed by atoms with Crippen molar-refractivity contribution in [1.82, 2.24) is 0 Å². The topological polar surface area (TPSA) is 58.2 Å². The Hall–Kier alpha value is -2.01. The van der Waals surface area contributed by atoms with Gasteiger partial charge in [-0.3, -0.25) is 4.72 Å². The molecule has 0 atom stereocenters. The summed E-state index contributed by atoms with van der Waals surface area (Å²) in [5.41, 5.74) is 4.74. The number of hydrogen-bond donors (Lipinski definition) is 2. The van der Waals surface area contributed by atoms with Crippen LogP contribution >= 0.6 is 0 Å². The van der Waals surface area contributed by atoms with Crippen LogP contribution in [0.5, 0.6) is 0 Å². The van der Waals surface area contributed by atoms with Crippen molar-refractivity contribution in [2.75, 3.05) is 16.6 Å². The molecule has 0 unspecified atom stereocenters. The lowest BCUT2D eigenvalue weighted by atomic mass is 10.1. The molecule has 0 spiro atoms. The van der Waals surface area contributed by atoms with Gasteiger partial charge in [-0.2, -0.15) is 0 Å². The minimum Gasteiger partial charge on any atom is -0.384 e. The number of rotatable bonds is 3. The first-order chi connectivity index (χ1) is 9.94. The number of aryl methyl sites for hydroxylation is 2. The zero-order valence-corrected chi connectivity index (χ0v) is 12.9. The van der Waals surface area contributed by atoms with Gasteiger partial charge in [0.15, 0.2) is 0 Å². The molecule has 0 bridgehead atoms. The molecule has 3 rings (SSSR count). The highest BCUT2D eigenvalue weighted by atomic mass is 32.2. The van der Waals surface area contributed by atoms with Crippen LogP contribution in [0.25, 0.3) is 0 Å². The zero-order chi connectivity index (χ0) is 15.0. The summed E-state index contributed by atoms with van der Waals surface area (Å²) in [6, 6.07) is 10.9. The largest absolute Gasteiger partial charge is 0.384 e. The Balaban J connectivity index is 1.93. The Morgan fingerprint density at radius 3 is 2.48 bits per heavy atom. The van der Waals surface area contributed by atoms with E-state index in [1.807, 2.05) is 38.1 Å². The number of anilines is 2. The molecule has 0 saturated carbocycles. The smallest absolute Gasteiger partial charge is 0.261 e. The molecule has 0 amide bonds. The van der Waals surface area contributed by atoms with Gasteiger partial charge in [0, 0.05) is 17.9 Å². The number of hydrogen-bond acceptors (Lipinski definition) is 3. The molecule has 0 fully saturated rings. The normalized spacial score (nSPS) is 13.6. The van der Waals surface area contributed by atoms with E-state index in [2.05, 4.69) is 10.0 Å². The molecule has 1 heterocycles. The van der Waals surface area contributed by atoms with Crippen molar-refractivity contribution in [1.29, 1.82) is 0 Å². The number of fused-ring (bicyclic) bond motifs is 1. The summed E-state index contributed by atoms with van der Waals surface area (Å²) >= 11 is 0. The lowest BCUT2D eigenvalue weighted by Crippen LogP contribution is -2.13. The van der Waals surface area contributed by atoms with Crippen molar-refractivity contribution in [3.05, 3.63) is 53.1 Å². The van der Waals surface area contributed by atoms with E-state index in [4.69, 9.17) is 0 Å². The van der Waals surface area contributed by atoms with E-state index in [1.54, 1.807) is 12.1 Å². The number of nitrogens with one attached hydrogen (secondary N) is 2. The van der Waals surface area contributed by atoms with Gasteiger partial charge in [-0.1, -0.05) is 12.1 Å². The number of sulfonamides is 1. The van der Waals surface area contributed by atoms with Gasteiger partial charge in [0.2, 0.25) is 0 Å². The van der Waals surface area contributed by atoms with E-state index >= 15 is 0 Å². The second-order valence-corrected chi connectivity index (χ2v) is 7.16. The fourth-order valence-corrected chi connectivity index (χ4v) is 3.75. The minimum atomic E-state index is -3.56. The highest BCUT2D eigenvalue weighted by Crippen LogP contribution is 2.26. The molecule has 4 nitrogen and oxygen atoms in total. The molecular formula is C16H18N2O2S. The molecule has 0 aromatic heterocycles. The van der Waals surface area contributed by atoms with E-state index < -0.39 is 10.0 Å². The highest BCUT2D eigenvalue weighted by Gasteiger charge is 2.18. The SMILES string of the molecule is Cc1cc(C)cc(NS(=O)(=O)c2ccc3c(c2)NCC3)c1. The summed E-state index contributed by atoms with van der Waals surface area (Å²) in [6.45, 7) is 4.76. The molecule has 1 aliphatic heterocycles. The summed E-state index contributed by atoms with van der Waals surface area (Å²) in [6.07, 6.45) is 0.945. The first-order valence-electron chi connectivity index (χ1n) is 6.92. The Kier molecular flexibility index (Phi) is 3.37. The predicted octanol–water partition coefficient (Wildman–Crippen LogP) is 3.07. The van der Waals surface area contributed by atoms with Gasteiger partial charge in [0.05, 0.1) is 4.90 Å². The predicted molar refractivity (Wildman–Crippen MR) is 85.4 cm³/mol. The Bertz CT molecular complexity index is 778. The van der Waals surface area contributed by atoms with Gasteiger partial charge in [-0.25, -0.2) is 8.42 Å². The third kappa shape index (κ3) is 2.88. The standard InChI is InChI=1S/C16H18N2O2S/c1-11-7-12(2)9-14(8-11)18-21(19,20)15-4-3-13-5-6-17-16(13)10-15/h3-4,7-10,17-18H,5-6H2,1-2H3. The van der Waals surface area contributed by atoms with Gasteiger partial charge >= 0.3 is 0 Å². The van der Waals surface area contributed by atoms with E-state index in [0.717, 1.165) is 29.8 Å². The summed E-state index contributed by atoms with van der Waals surface area (Å²) in [4.78, 5) is 0.287. The van der Waals surface area contributed by atoms with E-state index in [9.17, 15) is 8.42 Å². The minimum absolute atomic E-state index is 0.287. The molecule has 0 saturated heterocycles. The average molecular weight is 302 g/mol. The van der Waals surface area contributed by atoms with Gasteiger partial charge in [-0.15, -0.1) is 0 Å². The monoisotopic (exact) mass is 302 g/mol. The van der Waals surface area contributed by atoms with Crippen LogP contribution in [0.3, 0.4) is 0 Å². The Morgan fingerprint density at radius 1 is 1.05 bits per heavy atom. The first kappa shape index (κ1) is 13.9. The van der Waals surface area contributed by atoms with Crippen LogP contribution in [-0.2, 0) is 16.4 Å². The van der Waals surface area contributed by atoms with Crippen molar-refractivity contribution in [3.8, 4) is 0 Å². The van der Waals surface area contributed by atoms with Crippen LogP contribution < -0.4 is 10.0 Å². The Labute approximate surface area is 125 Å². The molecule has 2 aromatic rings. The second kappa shape index (κ2) is 5.07. The van der Waals surface area contributed by atoms with Crippen LogP contribution in [0, 0.1) is 13.8 Å². The maximum Gasteiger partial charge on any atom is 0.261 e. The van der Waals surface area contributed by atoms with Crippen molar-refractivity contribution in [2.24, 2.45) is 0 Å². The molecule has 2 N–H and O–H groups in total. The van der Waals surface area contributed by atoms with Crippen molar-refractivity contribution >= 4 is 21.4 Å². The van der Waals surface area contributed by atoms with Crippen molar-refractivity contribution in [3.63, 3.8) is 0 Å². The van der Waals surface area contributed by atoms with Crippen LogP contribution in [0.4, 0.5) is 11.4 Å². The Morgan fingerprint density at radius 2 is 1.76 bits per heavy atom. The molecule has 2 aromatic carbocycles. The molecule has 0 aliphatic carbocycles. The summed E-state index contributed by atoms with van der Waals surface area (Å²) < 4.78 is 27.6. The van der Waals surface area contributed by atoms with Crippen molar-refractivity contribution in [2.45, 2.75) is 25.2 Å². The summed E-state index contributed by atoms with van der Waals surface area (Å²) in [5.74, 6) is 0. The molecule has 0 radical (unpaired) electrons. The molecular weight excluding hydrogens is 284 g/mol. The molecule has 110 valence electrons. The van der Waals surface area contributed by atoms with E-state index in [-0.39, 0.29) is 4.90 Å². The fourth-order valence-electron chi connectivity index (χ4n) is 2.68. The van der Waals surface area contributed by atoms with Gasteiger partial charge in [0.1, 0.15) is 0 Å². The maximum atomic E-state index is 12.5. The molecule has 5 heteroatoms. The van der Waals surface area contributed by atoms with E-state index in [1.165, 1.54) is 5.56 Å². The lowest BCUT2D eigenvalue weighted by Gasteiger charge is -2.11. The maximum absolute atomic E-state index is 12.5. The zero-order valence-electron chi connectivity index (χ0n) is 12.1.